The van der Waals surface area contributed by atoms with Crippen LogP contribution in [0, 0.1) is 0 Å². The molecule has 0 amide bonds. The summed E-state index contributed by atoms with van der Waals surface area (Å²) in [5.41, 5.74) is 0. The van der Waals surface area contributed by atoms with Gasteiger partial charge in [-0.05, 0) is 12.8 Å². The standard InChI is InChI=1S/C6H7ClN2/c7-6(1-2-6)9-4-3-8-5-9/h3-5H,1-2H2. The molecule has 48 valence electrons. The lowest BCUT2D eigenvalue weighted by Crippen LogP contribution is -2.05. The van der Waals surface area contributed by atoms with Gasteiger partial charge in [-0.2, -0.15) is 0 Å². The number of aromatic nitrogens is 2. The molecule has 2 nitrogen and oxygen atoms in total. The van der Waals surface area contributed by atoms with Gasteiger partial charge in [0.2, 0.25) is 0 Å². The van der Waals surface area contributed by atoms with E-state index in [1.54, 1.807) is 12.5 Å². The van der Waals surface area contributed by atoms with E-state index < -0.39 is 0 Å². The van der Waals surface area contributed by atoms with E-state index in [9.17, 15) is 0 Å². The summed E-state index contributed by atoms with van der Waals surface area (Å²) >= 11 is 6.03. The Morgan fingerprint density at radius 2 is 2.33 bits per heavy atom. The van der Waals surface area contributed by atoms with E-state index in [2.05, 4.69) is 4.98 Å². The van der Waals surface area contributed by atoms with Crippen LogP contribution in [0.15, 0.2) is 18.7 Å². The molecule has 9 heavy (non-hydrogen) atoms. The van der Waals surface area contributed by atoms with Gasteiger partial charge in [-0.1, -0.05) is 11.6 Å². The third-order valence-electron chi connectivity index (χ3n) is 1.63. The van der Waals surface area contributed by atoms with Gasteiger partial charge < -0.3 is 4.57 Å². The summed E-state index contributed by atoms with van der Waals surface area (Å²) in [6.07, 6.45) is 7.57. The van der Waals surface area contributed by atoms with Crippen molar-refractivity contribution in [1.29, 1.82) is 0 Å². The highest BCUT2D eigenvalue weighted by molar-refractivity contribution is 6.23. The molecule has 0 atom stereocenters. The number of nitrogens with zero attached hydrogens (tertiary/aromatic N) is 2. The summed E-state index contributed by atoms with van der Waals surface area (Å²) in [4.78, 5) is 3.81. The molecule has 0 radical (unpaired) electrons. The van der Waals surface area contributed by atoms with Crippen molar-refractivity contribution in [2.75, 3.05) is 0 Å². The quantitative estimate of drug-likeness (QED) is 0.545. The first-order valence-corrected chi connectivity index (χ1v) is 3.36. The summed E-state index contributed by atoms with van der Waals surface area (Å²) in [6.45, 7) is 0. The zero-order valence-corrected chi connectivity index (χ0v) is 5.67. The molecule has 1 aliphatic rings. The Morgan fingerprint density at radius 1 is 1.56 bits per heavy atom. The normalized spacial score (nSPS) is 21.9. The first-order chi connectivity index (χ1) is 4.31. The van der Waals surface area contributed by atoms with E-state index >= 15 is 0 Å². The van der Waals surface area contributed by atoms with Crippen LogP contribution in [0.4, 0.5) is 0 Å². The van der Waals surface area contributed by atoms with Crippen molar-refractivity contribution < 1.29 is 0 Å². The summed E-state index contributed by atoms with van der Waals surface area (Å²) in [5.74, 6) is 0. The van der Waals surface area contributed by atoms with E-state index in [0.717, 1.165) is 12.8 Å². The molecule has 1 aliphatic carbocycles. The van der Waals surface area contributed by atoms with Crippen LogP contribution < -0.4 is 0 Å². The lowest BCUT2D eigenvalue weighted by molar-refractivity contribution is 0.667. The van der Waals surface area contributed by atoms with Crippen molar-refractivity contribution in [3.05, 3.63) is 18.7 Å². The number of rotatable bonds is 1. The molecule has 1 fully saturated rings. The molecular weight excluding hydrogens is 136 g/mol. The predicted molar refractivity (Wildman–Crippen MR) is 35.3 cm³/mol. The highest BCUT2D eigenvalue weighted by atomic mass is 35.5. The Labute approximate surface area is 58.5 Å². The van der Waals surface area contributed by atoms with E-state index in [0.29, 0.717) is 0 Å². The van der Waals surface area contributed by atoms with Crippen LogP contribution in [0.3, 0.4) is 0 Å². The van der Waals surface area contributed by atoms with Crippen LogP contribution >= 0.6 is 11.6 Å². The fourth-order valence-electron chi connectivity index (χ4n) is 0.858. The Balaban J connectivity index is 2.34. The molecule has 0 aliphatic heterocycles. The van der Waals surface area contributed by atoms with E-state index in [1.165, 1.54) is 0 Å². The summed E-state index contributed by atoms with van der Waals surface area (Å²) in [6, 6.07) is 0. The van der Waals surface area contributed by atoms with Crippen molar-refractivity contribution in [3.8, 4) is 0 Å². The van der Waals surface area contributed by atoms with Gasteiger partial charge in [-0.3, -0.25) is 0 Å². The smallest absolute Gasteiger partial charge is 0.120 e. The van der Waals surface area contributed by atoms with Crippen LogP contribution in [0.5, 0.6) is 0 Å². The Hall–Kier alpha value is -0.500. The number of halogens is 1. The zero-order valence-electron chi connectivity index (χ0n) is 4.92. The number of alkyl halides is 1. The largest absolute Gasteiger partial charge is 0.318 e. The fourth-order valence-corrected chi connectivity index (χ4v) is 1.05. The zero-order chi connectivity index (χ0) is 6.32. The minimum atomic E-state index is -0.101. The molecule has 1 heterocycles. The maximum Gasteiger partial charge on any atom is 0.120 e. The average Bonchev–Trinajstić information content (AvgIpc) is 2.46. The summed E-state index contributed by atoms with van der Waals surface area (Å²) < 4.78 is 1.95. The average molecular weight is 143 g/mol. The second-order valence-corrected chi connectivity index (χ2v) is 3.09. The Kier molecular flexibility index (Phi) is 0.887. The van der Waals surface area contributed by atoms with Crippen molar-refractivity contribution >= 4 is 11.6 Å². The van der Waals surface area contributed by atoms with Gasteiger partial charge in [0.05, 0.1) is 6.33 Å². The molecule has 2 rings (SSSR count). The first-order valence-electron chi connectivity index (χ1n) is 2.99. The first kappa shape index (κ1) is 5.30. The highest BCUT2D eigenvalue weighted by Gasteiger charge is 2.41. The number of imidazole rings is 1. The highest BCUT2D eigenvalue weighted by Crippen LogP contribution is 2.47. The minimum Gasteiger partial charge on any atom is -0.318 e. The predicted octanol–water partition coefficient (Wildman–Crippen LogP) is 1.57. The molecule has 0 unspecified atom stereocenters. The maximum absolute atomic E-state index is 6.03. The van der Waals surface area contributed by atoms with Crippen LogP contribution in [0.1, 0.15) is 12.8 Å². The lowest BCUT2D eigenvalue weighted by Gasteiger charge is -2.04. The Bertz CT molecular complexity index is 201. The molecule has 3 heteroatoms. The molecule has 0 N–H and O–H groups in total. The van der Waals surface area contributed by atoms with Crippen molar-refractivity contribution in [2.45, 2.75) is 17.8 Å². The third kappa shape index (κ3) is 0.741. The molecule has 0 aromatic carbocycles. The van der Waals surface area contributed by atoms with Gasteiger partial charge in [0.25, 0.3) is 0 Å². The molecule has 1 saturated carbocycles. The SMILES string of the molecule is ClC1(n2ccnc2)CC1. The van der Waals surface area contributed by atoms with E-state index in [4.69, 9.17) is 11.6 Å². The molecule has 1 aromatic heterocycles. The van der Waals surface area contributed by atoms with Crippen LogP contribution in [-0.2, 0) is 5.00 Å². The number of hydrogen-bond donors (Lipinski definition) is 0. The van der Waals surface area contributed by atoms with Crippen molar-refractivity contribution in [1.82, 2.24) is 9.55 Å². The Morgan fingerprint density at radius 3 is 2.78 bits per heavy atom. The van der Waals surface area contributed by atoms with Gasteiger partial charge in [0.15, 0.2) is 0 Å². The molecule has 0 saturated heterocycles. The van der Waals surface area contributed by atoms with E-state index in [-0.39, 0.29) is 5.00 Å². The molecule has 0 bridgehead atoms. The molecular formula is C6H7ClN2. The second kappa shape index (κ2) is 1.51. The minimum absolute atomic E-state index is 0.101. The van der Waals surface area contributed by atoms with Crippen LogP contribution in [0.2, 0.25) is 0 Å². The van der Waals surface area contributed by atoms with Crippen LogP contribution in [-0.4, -0.2) is 9.55 Å². The monoisotopic (exact) mass is 142 g/mol. The topological polar surface area (TPSA) is 17.8 Å². The van der Waals surface area contributed by atoms with Gasteiger partial charge in [0, 0.05) is 12.4 Å². The van der Waals surface area contributed by atoms with E-state index in [1.807, 2.05) is 10.8 Å². The summed E-state index contributed by atoms with van der Waals surface area (Å²) in [7, 11) is 0. The number of hydrogen-bond acceptors (Lipinski definition) is 1. The van der Waals surface area contributed by atoms with Crippen molar-refractivity contribution in [3.63, 3.8) is 0 Å². The van der Waals surface area contributed by atoms with Gasteiger partial charge in [-0.15, -0.1) is 0 Å². The fraction of sp³-hybridized carbons (Fsp3) is 0.500. The second-order valence-electron chi connectivity index (χ2n) is 2.39. The lowest BCUT2D eigenvalue weighted by atomic mass is 10.6. The van der Waals surface area contributed by atoms with Crippen molar-refractivity contribution in [2.24, 2.45) is 0 Å². The van der Waals surface area contributed by atoms with Gasteiger partial charge in [-0.25, -0.2) is 4.98 Å². The van der Waals surface area contributed by atoms with Gasteiger partial charge >= 0.3 is 0 Å². The molecule has 1 aromatic rings. The molecule has 0 spiro atoms. The maximum atomic E-state index is 6.03. The van der Waals surface area contributed by atoms with Gasteiger partial charge in [0.1, 0.15) is 5.00 Å². The summed E-state index contributed by atoms with van der Waals surface area (Å²) in [5, 5.41) is 0. The van der Waals surface area contributed by atoms with Crippen LogP contribution in [0.25, 0.3) is 0 Å². The third-order valence-corrected chi connectivity index (χ3v) is 2.20.